The summed E-state index contributed by atoms with van der Waals surface area (Å²) in [5.41, 5.74) is 22.0. The fourth-order valence-corrected chi connectivity index (χ4v) is 4.04. The average molecular weight is 434 g/mol. The lowest BCUT2D eigenvalue weighted by Crippen LogP contribution is -2.18. The number of aryl methyl sites for hydroxylation is 1. The SMILES string of the molecule is CCCN(c1nc(-c2nc(N)cc(N)n2)cs1)c1cc(-c2cnc(N)nc2)ccc1C. The Morgan fingerprint density at radius 2 is 1.65 bits per heavy atom. The summed E-state index contributed by atoms with van der Waals surface area (Å²) in [6.07, 6.45) is 4.40. The highest BCUT2D eigenvalue weighted by molar-refractivity contribution is 7.14. The van der Waals surface area contributed by atoms with Gasteiger partial charge in [0.15, 0.2) is 11.0 Å². The van der Waals surface area contributed by atoms with Crippen molar-refractivity contribution in [2.75, 3.05) is 28.6 Å². The van der Waals surface area contributed by atoms with Gasteiger partial charge in [-0.1, -0.05) is 19.1 Å². The van der Waals surface area contributed by atoms with E-state index in [0.29, 0.717) is 23.2 Å². The van der Waals surface area contributed by atoms with Crippen LogP contribution in [0.2, 0.25) is 0 Å². The van der Waals surface area contributed by atoms with Crippen molar-refractivity contribution >= 4 is 39.7 Å². The molecule has 6 N–H and O–H groups in total. The monoisotopic (exact) mass is 433 g/mol. The van der Waals surface area contributed by atoms with Crippen molar-refractivity contribution in [1.82, 2.24) is 24.9 Å². The summed E-state index contributed by atoms with van der Waals surface area (Å²) in [4.78, 5) is 23.7. The highest BCUT2D eigenvalue weighted by atomic mass is 32.1. The van der Waals surface area contributed by atoms with Gasteiger partial charge in [0, 0.05) is 41.6 Å². The van der Waals surface area contributed by atoms with Crippen LogP contribution in [0.5, 0.6) is 0 Å². The number of hydrogen-bond donors (Lipinski definition) is 3. The first-order chi connectivity index (χ1) is 14.9. The van der Waals surface area contributed by atoms with Gasteiger partial charge in [0.2, 0.25) is 5.95 Å². The van der Waals surface area contributed by atoms with Gasteiger partial charge in [0.05, 0.1) is 0 Å². The molecule has 0 bridgehead atoms. The number of hydrogen-bond acceptors (Lipinski definition) is 10. The minimum Gasteiger partial charge on any atom is -0.384 e. The zero-order valence-corrected chi connectivity index (χ0v) is 18.1. The van der Waals surface area contributed by atoms with E-state index in [1.807, 2.05) is 5.38 Å². The van der Waals surface area contributed by atoms with Crippen LogP contribution >= 0.6 is 11.3 Å². The van der Waals surface area contributed by atoms with E-state index in [2.05, 4.69) is 56.9 Å². The largest absolute Gasteiger partial charge is 0.384 e. The Bertz CT molecular complexity index is 1180. The molecule has 0 radical (unpaired) electrons. The van der Waals surface area contributed by atoms with Crippen LogP contribution in [0.15, 0.2) is 42.0 Å². The molecule has 4 aromatic rings. The van der Waals surface area contributed by atoms with Crippen LogP contribution in [0.25, 0.3) is 22.6 Å². The smallest absolute Gasteiger partial charge is 0.219 e. The summed E-state index contributed by atoms with van der Waals surface area (Å²) in [7, 11) is 0. The highest BCUT2D eigenvalue weighted by Gasteiger charge is 2.18. The second kappa shape index (κ2) is 8.52. The van der Waals surface area contributed by atoms with E-state index in [-0.39, 0.29) is 5.95 Å². The standard InChI is InChI=1S/C21H23N9S/c1-3-6-30(21-27-15(11-31-21)19-28-17(22)8-18(23)29-19)16-7-13(5-4-12(16)2)14-9-25-20(24)26-10-14/h4-5,7-11H,3,6H2,1-2H3,(H2,24,25,26)(H4,22,23,28,29). The lowest BCUT2D eigenvalue weighted by atomic mass is 10.0. The van der Waals surface area contributed by atoms with Crippen LogP contribution in [-0.2, 0) is 0 Å². The van der Waals surface area contributed by atoms with Crippen LogP contribution in [0.3, 0.4) is 0 Å². The van der Waals surface area contributed by atoms with Gasteiger partial charge in [-0.2, -0.15) is 0 Å². The Morgan fingerprint density at radius 3 is 2.32 bits per heavy atom. The number of nitrogen functional groups attached to an aromatic ring is 3. The van der Waals surface area contributed by atoms with Gasteiger partial charge in [-0.25, -0.2) is 24.9 Å². The quantitative estimate of drug-likeness (QED) is 0.414. The number of nitrogens with two attached hydrogens (primary N) is 3. The van der Waals surface area contributed by atoms with Gasteiger partial charge in [-0.15, -0.1) is 11.3 Å². The van der Waals surface area contributed by atoms with Crippen molar-refractivity contribution < 1.29 is 0 Å². The molecular formula is C21H23N9S. The van der Waals surface area contributed by atoms with E-state index in [1.54, 1.807) is 12.4 Å². The van der Waals surface area contributed by atoms with E-state index >= 15 is 0 Å². The molecule has 0 fully saturated rings. The Kier molecular flexibility index (Phi) is 5.63. The maximum atomic E-state index is 5.82. The molecule has 0 unspecified atom stereocenters. The summed E-state index contributed by atoms with van der Waals surface area (Å²) in [5.74, 6) is 1.30. The average Bonchev–Trinajstić information content (AvgIpc) is 3.23. The lowest BCUT2D eigenvalue weighted by Gasteiger charge is -2.24. The molecule has 3 heterocycles. The van der Waals surface area contributed by atoms with Crippen LogP contribution < -0.4 is 22.1 Å². The third-order valence-electron chi connectivity index (χ3n) is 4.67. The molecule has 0 aliphatic rings. The number of benzene rings is 1. The maximum absolute atomic E-state index is 5.82. The van der Waals surface area contributed by atoms with Crippen molar-refractivity contribution in [2.24, 2.45) is 0 Å². The van der Waals surface area contributed by atoms with Crippen molar-refractivity contribution in [2.45, 2.75) is 20.3 Å². The first kappa shape index (κ1) is 20.5. The van der Waals surface area contributed by atoms with Crippen molar-refractivity contribution in [1.29, 1.82) is 0 Å². The number of anilines is 5. The number of rotatable bonds is 6. The molecule has 1 aromatic carbocycles. The molecular weight excluding hydrogens is 410 g/mol. The van der Waals surface area contributed by atoms with E-state index in [9.17, 15) is 0 Å². The molecule has 0 aliphatic heterocycles. The zero-order valence-electron chi connectivity index (χ0n) is 17.3. The third-order valence-corrected chi connectivity index (χ3v) is 5.53. The van der Waals surface area contributed by atoms with Gasteiger partial charge < -0.3 is 22.1 Å². The van der Waals surface area contributed by atoms with Crippen LogP contribution in [0, 0.1) is 6.92 Å². The molecule has 31 heavy (non-hydrogen) atoms. The molecule has 0 spiro atoms. The van der Waals surface area contributed by atoms with Gasteiger partial charge in [0.1, 0.15) is 17.3 Å². The van der Waals surface area contributed by atoms with E-state index in [1.165, 1.54) is 17.4 Å². The number of thiazole rings is 1. The second-order valence-corrected chi connectivity index (χ2v) is 7.88. The maximum Gasteiger partial charge on any atom is 0.219 e. The van der Waals surface area contributed by atoms with E-state index in [4.69, 9.17) is 22.2 Å². The van der Waals surface area contributed by atoms with Gasteiger partial charge in [-0.3, -0.25) is 0 Å². The van der Waals surface area contributed by atoms with Crippen molar-refractivity contribution in [3.05, 3.63) is 47.6 Å². The Morgan fingerprint density at radius 1 is 0.935 bits per heavy atom. The molecule has 158 valence electrons. The molecule has 4 rings (SSSR count). The fourth-order valence-electron chi connectivity index (χ4n) is 3.20. The number of aromatic nitrogens is 5. The van der Waals surface area contributed by atoms with E-state index in [0.717, 1.165) is 40.5 Å². The second-order valence-electron chi connectivity index (χ2n) is 7.04. The summed E-state index contributed by atoms with van der Waals surface area (Å²) in [6, 6.07) is 7.78. The van der Waals surface area contributed by atoms with Crippen LogP contribution in [0.1, 0.15) is 18.9 Å². The Labute approximate surface area is 184 Å². The van der Waals surface area contributed by atoms with Crippen LogP contribution in [0.4, 0.5) is 28.4 Å². The summed E-state index contributed by atoms with van der Waals surface area (Å²) < 4.78 is 0. The summed E-state index contributed by atoms with van der Waals surface area (Å²) in [6.45, 7) is 5.02. The molecule has 0 aliphatic carbocycles. The molecule has 10 heteroatoms. The van der Waals surface area contributed by atoms with Crippen molar-refractivity contribution in [3.8, 4) is 22.6 Å². The normalized spacial score (nSPS) is 10.9. The minimum absolute atomic E-state index is 0.253. The van der Waals surface area contributed by atoms with Crippen molar-refractivity contribution in [3.63, 3.8) is 0 Å². The predicted molar refractivity (Wildman–Crippen MR) is 126 cm³/mol. The summed E-state index contributed by atoms with van der Waals surface area (Å²) >= 11 is 1.52. The third kappa shape index (κ3) is 4.38. The zero-order chi connectivity index (χ0) is 22.0. The van der Waals surface area contributed by atoms with Gasteiger partial charge in [-0.05, 0) is 30.5 Å². The fraction of sp³-hybridized carbons (Fsp3) is 0.190. The molecule has 9 nitrogen and oxygen atoms in total. The van der Waals surface area contributed by atoms with E-state index < -0.39 is 0 Å². The topological polar surface area (TPSA) is 146 Å². The summed E-state index contributed by atoms with van der Waals surface area (Å²) in [5, 5.41) is 2.76. The van der Waals surface area contributed by atoms with Crippen LogP contribution in [-0.4, -0.2) is 31.5 Å². The molecule has 0 atom stereocenters. The minimum atomic E-state index is 0.253. The molecule has 0 saturated heterocycles. The first-order valence-electron chi connectivity index (χ1n) is 9.76. The first-order valence-corrected chi connectivity index (χ1v) is 10.6. The predicted octanol–water partition coefficient (Wildman–Crippen LogP) is 3.66. The number of nitrogens with zero attached hydrogens (tertiary/aromatic N) is 6. The lowest BCUT2D eigenvalue weighted by molar-refractivity contribution is 0.878. The van der Waals surface area contributed by atoms with Gasteiger partial charge in [0.25, 0.3) is 0 Å². The highest BCUT2D eigenvalue weighted by Crippen LogP contribution is 2.35. The Hall–Kier alpha value is -3.79. The Balaban J connectivity index is 1.73. The van der Waals surface area contributed by atoms with Gasteiger partial charge >= 0.3 is 0 Å². The molecule has 0 saturated carbocycles. The molecule has 3 aromatic heterocycles. The molecule has 0 amide bonds.